The average molecular weight is 788 g/mol. The van der Waals surface area contributed by atoms with Crippen molar-refractivity contribution in [2.75, 3.05) is 72.6 Å². The van der Waals surface area contributed by atoms with Gasteiger partial charge < -0.3 is 34.1 Å². The second-order valence-corrected chi connectivity index (χ2v) is 14.0. The van der Waals surface area contributed by atoms with Crippen molar-refractivity contribution in [2.24, 2.45) is 5.11 Å². The quantitative estimate of drug-likeness (QED) is 0.0330. The van der Waals surface area contributed by atoms with Crippen LogP contribution in [-0.2, 0) is 52.6 Å². The highest BCUT2D eigenvalue weighted by atomic mass is 16.6. The molecule has 1 aromatic heterocycles. The summed E-state index contributed by atoms with van der Waals surface area (Å²) in [5.41, 5.74) is 15.8. The number of carbonyl (C=O) groups is 3. The number of carboxylic acid groups (broad SMARTS) is 1. The van der Waals surface area contributed by atoms with E-state index in [9.17, 15) is 19.5 Å². The van der Waals surface area contributed by atoms with Crippen LogP contribution in [0.5, 0.6) is 5.75 Å². The number of azide groups is 1. The number of aromatic nitrogens is 1. The first kappa shape index (κ1) is 44.9. The maximum atomic E-state index is 12.9. The summed E-state index contributed by atoms with van der Waals surface area (Å²) in [5.74, 6) is -1.00. The minimum absolute atomic E-state index is 0.0260. The van der Waals surface area contributed by atoms with Gasteiger partial charge in [0, 0.05) is 42.1 Å². The molecule has 308 valence electrons. The van der Waals surface area contributed by atoms with Crippen LogP contribution in [0.3, 0.4) is 0 Å². The second kappa shape index (κ2) is 26.1. The summed E-state index contributed by atoms with van der Waals surface area (Å²) in [6.45, 7) is 6.14. The molecule has 1 atom stereocenters. The van der Waals surface area contributed by atoms with Crippen molar-refractivity contribution in [3.63, 3.8) is 0 Å². The van der Waals surface area contributed by atoms with Crippen molar-refractivity contribution in [3.8, 4) is 16.9 Å². The highest BCUT2D eigenvalue weighted by Gasteiger charge is 2.22. The van der Waals surface area contributed by atoms with Gasteiger partial charge >= 0.3 is 5.97 Å². The molecular formula is C43H57N5O9. The molecule has 0 radical (unpaired) electrons. The van der Waals surface area contributed by atoms with Gasteiger partial charge in [0.05, 0.1) is 65.8 Å². The Kier molecular flexibility index (Phi) is 20.6. The molecule has 0 saturated carbocycles. The minimum Gasteiger partial charge on any atom is -0.491 e. The number of nitrogens with zero attached hydrogens (tertiary/aromatic N) is 4. The van der Waals surface area contributed by atoms with E-state index in [1.807, 2.05) is 49.4 Å². The molecule has 14 nitrogen and oxygen atoms in total. The van der Waals surface area contributed by atoms with E-state index in [4.69, 9.17) is 29.2 Å². The number of amides is 1. The van der Waals surface area contributed by atoms with Crippen LogP contribution in [0.4, 0.5) is 0 Å². The van der Waals surface area contributed by atoms with Gasteiger partial charge in [-0.15, -0.1) is 0 Å². The highest BCUT2D eigenvalue weighted by molar-refractivity contribution is 5.87. The van der Waals surface area contributed by atoms with Crippen molar-refractivity contribution in [1.29, 1.82) is 0 Å². The lowest BCUT2D eigenvalue weighted by atomic mass is 9.84. The lowest BCUT2D eigenvalue weighted by molar-refractivity contribution is -0.137. The molecule has 3 aromatic rings. The molecule has 2 aromatic carbocycles. The monoisotopic (exact) mass is 787 g/mol. The standard InChI is InChI=1S/C43H57N5O9/c1-32-16-17-45-36(28-32)6-2-5-9-42(50)46-31-37(49)29-35(30-43(51)52)33-10-12-34(13-11-33)38-14-15-41(40-8-4-3-7-39(38)40)57-27-26-56-25-24-55-23-22-54-21-20-53-19-18-47-48-44/h10-17,28,35H,2-9,18-27,29-31H2,1H3,(H,46,50)(H,51,52)/t35-/m0/s1. The van der Waals surface area contributed by atoms with Crippen LogP contribution in [0.25, 0.3) is 21.6 Å². The van der Waals surface area contributed by atoms with E-state index in [0.29, 0.717) is 78.8 Å². The number of ether oxygens (including phenoxy) is 5. The normalized spacial score (nSPS) is 12.6. The van der Waals surface area contributed by atoms with Crippen molar-refractivity contribution in [1.82, 2.24) is 10.3 Å². The van der Waals surface area contributed by atoms with E-state index in [1.165, 1.54) is 11.1 Å². The van der Waals surface area contributed by atoms with Crippen LogP contribution in [0.1, 0.15) is 78.8 Å². The third-order valence-electron chi connectivity index (χ3n) is 9.62. The molecule has 1 amide bonds. The third-order valence-corrected chi connectivity index (χ3v) is 9.62. The number of Topliss-reactive ketones (excluding diaryl/α,β-unsaturated/α-hetero) is 1. The zero-order valence-corrected chi connectivity index (χ0v) is 33.1. The summed E-state index contributed by atoms with van der Waals surface area (Å²) in [5, 5.41) is 15.8. The van der Waals surface area contributed by atoms with Gasteiger partial charge in [0.2, 0.25) is 5.91 Å². The Morgan fingerprint density at radius 2 is 1.51 bits per heavy atom. The van der Waals surface area contributed by atoms with Crippen LogP contribution < -0.4 is 10.1 Å². The Morgan fingerprint density at radius 3 is 2.18 bits per heavy atom. The number of ketones is 1. The second-order valence-electron chi connectivity index (χ2n) is 14.0. The van der Waals surface area contributed by atoms with Gasteiger partial charge in [-0.05, 0) is 109 Å². The molecule has 2 N–H and O–H groups in total. The van der Waals surface area contributed by atoms with E-state index in [1.54, 1.807) is 6.20 Å². The smallest absolute Gasteiger partial charge is 0.303 e. The van der Waals surface area contributed by atoms with E-state index < -0.39 is 11.9 Å². The number of carboxylic acids is 1. The van der Waals surface area contributed by atoms with E-state index in [0.717, 1.165) is 72.2 Å². The van der Waals surface area contributed by atoms with Gasteiger partial charge in [0.1, 0.15) is 12.4 Å². The predicted molar refractivity (Wildman–Crippen MR) is 215 cm³/mol. The SMILES string of the molecule is Cc1ccnc(CCCCC(=O)NCC(=O)C[C@@H](CC(=O)O)c2ccc(-c3ccc(OCCOCCOCCOCCOCCN=[N+]=[N-])c4c3CCCC4)cc2)c1. The van der Waals surface area contributed by atoms with Crippen molar-refractivity contribution >= 4 is 17.7 Å². The zero-order chi connectivity index (χ0) is 40.5. The van der Waals surface area contributed by atoms with Gasteiger partial charge in [-0.3, -0.25) is 19.4 Å². The highest BCUT2D eigenvalue weighted by Crippen LogP contribution is 2.38. The van der Waals surface area contributed by atoms with Crippen LogP contribution in [-0.4, -0.2) is 100 Å². The molecule has 0 aliphatic heterocycles. The Hall–Kier alpha value is -4.85. The van der Waals surface area contributed by atoms with Gasteiger partial charge in [0.25, 0.3) is 0 Å². The van der Waals surface area contributed by atoms with Crippen molar-refractivity contribution in [2.45, 2.75) is 77.0 Å². The van der Waals surface area contributed by atoms with Crippen LogP contribution >= 0.6 is 0 Å². The predicted octanol–water partition coefficient (Wildman–Crippen LogP) is 6.74. The summed E-state index contributed by atoms with van der Waals surface area (Å²) in [6.07, 6.45) is 8.31. The minimum atomic E-state index is -0.978. The Bertz CT molecular complexity index is 1750. The molecule has 0 bridgehead atoms. The number of aryl methyl sites for hydroxylation is 2. The summed E-state index contributed by atoms with van der Waals surface area (Å²) in [7, 11) is 0. The Balaban J connectivity index is 1.18. The number of nitrogens with one attached hydrogen (secondary N) is 1. The zero-order valence-electron chi connectivity index (χ0n) is 33.1. The first-order chi connectivity index (χ1) is 27.8. The molecule has 4 rings (SSSR count). The molecule has 0 spiro atoms. The molecule has 0 unspecified atom stereocenters. The Morgan fingerprint density at radius 1 is 0.842 bits per heavy atom. The molecule has 0 saturated heterocycles. The Labute approximate surface area is 335 Å². The number of rotatable bonds is 29. The maximum absolute atomic E-state index is 12.9. The maximum Gasteiger partial charge on any atom is 0.303 e. The van der Waals surface area contributed by atoms with Gasteiger partial charge in [-0.25, -0.2) is 0 Å². The fourth-order valence-electron chi connectivity index (χ4n) is 6.78. The number of carbonyl (C=O) groups excluding carboxylic acids is 2. The summed E-state index contributed by atoms with van der Waals surface area (Å²) >= 11 is 0. The molecule has 14 heteroatoms. The first-order valence-electron chi connectivity index (χ1n) is 20.0. The number of hydrogen-bond donors (Lipinski definition) is 2. The van der Waals surface area contributed by atoms with Crippen LogP contribution in [0.2, 0.25) is 0 Å². The lowest BCUT2D eigenvalue weighted by Gasteiger charge is -2.23. The molecule has 0 fully saturated rings. The van der Waals surface area contributed by atoms with Gasteiger partial charge in [0.15, 0.2) is 5.78 Å². The summed E-state index contributed by atoms with van der Waals surface area (Å²) in [6, 6.07) is 15.9. The van der Waals surface area contributed by atoms with Gasteiger partial charge in [-0.1, -0.05) is 35.4 Å². The fraction of sp³-hybridized carbons (Fsp3) is 0.535. The average Bonchev–Trinajstić information content (AvgIpc) is 3.21. The number of hydrogen-bond acceptors (Lipinski definition) is 10. The molecule has 1 aliphatic rings. The number of fused-ring (bicyclic) bond motifs is 1. The topological polar surface area (TPSA) is 191 Å². The van der Waals surface area contributed by atoms with Gasteiger partial charge in [-0.2, -0.15) is 0 Å². The molecule has 1 aliphatic carbocycles. The van der Waals surface area contributed by atoms with E-state index in [2.05, 4.69) is 26.4 Å². The lowest BCUT2D eigenvalue weighted by Crippen LogP contribution is -2.30. The third kappa shape index (κ3) is 17.0. The van der Waals surface area contributed by atoms with Crippen molar-refractivity contribution in [3.05, 3.63) is 93.1 Å². The fourth-order valence-corrected chi connectivity index (χ4v) is 6.78. The van der Waals surface area contributed by atoms with E-state index in [-0.39, 0.29) is 31.1 Å². The summed E-state index contributed by atoms with van der Waals surface area (Å²) < 4.78 is 28.1. The molecule has 57 heavy (non-hydrogen) atoms. The van der Waals surface area contributed by atoms with Crippen molar-refractivity contribution < 1.29 is 43.2 Å². The number of benzene rings is 2. The number of pyridine rings is 1. The molecular weight excluding hydrogens is 730 g/mol. The van der Waals surface area contributed by atoms with E-state index >= 15 is 0 Å². The summed E-state index contributed by atoms with van der Waals surface area (Å²) in [4.78, 5) is 44.1. The first-order valence-corrected chi connectivity index (χ1v) is 20.0. The van der Waals surface area contributed by atoms with Crippen LogP contribution in [0.15, 0.2) is 59.8 Å². The largest absolute Gasteiger partial charge is 0.491 e. The number of unbranched alkanes of at least 4 members (excludes halogenated alkanes) is 1. The van der Waals surface area contributed by atoms with Crippen LogP contribution in [0, 0.1) is 6.92 Å². The molecule has 1 heterocycles. The number of aliphatic carboxylic acids is 1.